The Hall–Kier alpha value is -2.53. The fourth-order valence-electron chi connectivity index (χ4n) is 3.17. The first-order chi connectivity index (χ1) is 14.6. The van der Waals surface area contributed by atoms with Crippen molar-refractivity contribution in [3.63, 3.8) is 0 Å². The summed E-state index contributed by atoms with van der Waals surface area (Å²) in [5, 5.41) is 3.51. The van der Waals surface area contributed by atoms with Gasteiger partial charge in [0.2, 0.25) is 11.8 Å². The van der Waals surface area contributed by atoms with Gasteiger partial charge >= 0.3 is 0 Å². The van der Waals surface area contributed by atoms with Gasteiger partial charge in [-0.05, 0) is 43.0 Å². The van der Waals surface area contributed by atoms with Crippen molar-refractivity contribution in [2.75, 3.05) is 13.2 Å². The van der Waals surface area contributed by atoms with Crippen molar-refractivity contribution in [2.45, 2.75) is 52.1 Å². The van der Waals surface area contributed by atoms with Gasteiger partial charge in [0.15, 0.2) is 0 Å². The predicted molar refractivity (Wildman–Crippen MR) is 121 cm³/mol. The molecule has 2 aromatic carbocycles. The highest BCUT2D eigenvalue weighted by Crippen LogP contribution is 2.20. The average Bonchev–Trinajstić information content (AvgIpc) is 2.77. The van der Waals surface area contributed by atoms with Crippen LogP contribution in [0.4, 0.5) is 0 Å². The van der Waals surface area contributed by atoms with Crippen LogP contribution in [0.5, 0.6) is 5.75 Å². The molecule has 0 fully saturated rings. The van der Waals surface area contributed by atoms with E-state index in [0.29, 0.717) is 44.0 Å². The molecule has 0 unspecified atom stereocenters. The average molecular weight is 431 g/mol. The third-order valence-electron chi connectivity index (χ3n) is 4.78. The number of nitrogens with one attached hydrogen (secondary N) is 1. The molecule has 5 nitrogen and oxygen atoms in total. The van der Waals surface area contributed by atoms with Crippen molar-refractivity contribution in [3.8, 4) is 5.75 Å². The van der Waals surface area contributed by atoms with E-state index in [1.54, 1.807) is 11.0 Å². The summed E-state index contributed by atoms with van der Waals surface area (Å²) in [5.41, 5.74) is 0.829. The second-order valence-electron chi connectivity index (χ2n) is 7.09. The second-order valence-corrected chi connectivity index (χ2v) is 7.50. The molecule has 0 heterocycles. The third-order valence-corrected chi connectivity index (χ3v) is 5.15. The minimum absolute atomic E-state index is 0.0786. The van der Waals surface area contributed by atoms with Crippen molar-refractivity contribution in [1.82, 2.24) is 10.2 Å². The lowest BCUT2D eigenvalue weighted by Gasteiger charge is -2.31. The maximum atomic E-state index is 13.1. The van der Waals surface area contributed by atoms with E-state index < -0.39 is 6.04 Å². The van der Waals surface area contributed by atoms with Gasteiger partial charge in [0.05, 0.1) is 6.61 Å². The molecular weight excluding hydrogens is 400 g/mol. The molecule has 6 heteroatoms. The standard InChI is InChI=1S/C24H31ClN2O3/c1-3-16-26-24(29)22(4-2)27(18-19-11-8-9-14-21(19)25)23(28)15-10-17-30-20-12-6-5-7-13-20/h5-9,11-14,22H,3-4,10,15-18H2,1-2H3,(H,26,29)/t22-/m0/s1. The molecule has 30 heavy (non-hydrogen) atoms. The lowest BCUT2D eigenvalue weighted by atomic mass is 10.1. The van der Waals surface area contributed by atoms with E-state index in [0.717, 1.165) is 17.7 Å². The van der Waals surface area contributed by atoms with Crippen molar-refractivity contribution in [2.24, 2.45) is 0 Å². The second kappa shape index (κ2) is 12.9. The molecule has 0 spiro atoms. The van der Waals surface area contributed by atoms with Gasteiger partial charge in [0.25, 0.3) is 0 Å². The predicted octanol–water partition coefficient (Wildman–Crippen LogP) is 4.83. The van der Waals surface area contributed by atoms with Crippen molar-refractivity contribution in [3.05, 3.63) is 65.2 Å². The largest absolute Gasteiger partial charge is 0.494 e. The lowest BCUT2D eigenvalue weighted by molar-refractivity contribution is -0.141. The molecule has 0 bridgehead atoms. The lowest BCUT2D eigenvalue weighted by Crippen LogP contribution is -2.49. The monoisotopic (exact) mass is 430 g/mol. The molecule has 0 radical (unpaired) electrons. The fraction of sp³-hybridized carbons (Fsp3) is 0.417. The van der Waals surface area contributed by atoms with Gasteiger partial charge in [0, 0.05) is 24.5 Å². The first-order valence-electron chi connectivity index (χ1n) is 10.5. The summed E-state index contributed by atoms with van der Waals surface area (Å²) in [5.74, 6) is 0.577. The van der Waals surface area contributed by atoms with Crippen LogP contribution in [0.2, 0.25) is 5.02 Å². The van der Waals surface area contributed by atoms with Crippen LogP contribution in [0.15, 0.2) is 54.6 Å². The fourth-order valence-corrected chi connectivity index (χ4v) is 3.36. The van der Waals surface area contributed by atoms with Crippen LogP contribution in [0, 0.1) is 0 Å². The summed E-state index contributed by atoms with van der Waals surface area (Å²) < 4.78 is 5.69. The molecule has 1 atom stereocenters. The Kier molecular flexibility index (Phi) is 10.2. The van der Waals surface area contributed by atoms with Crippen LogP contribution >= 0.6 is 11.6 Å². The number of carbonyl (C=O) groups excluding carboxylic acids is 2. The topological polar surface area (TPSA) is 58.6 Å². The number of amides is 2. The van der Waals surface area contributed by atoms with E-state index in [-0.39, 0.29) is 11.8 Å². The minimum atomic E-state index is -0.532. The molecule has 0 saturated heterocycles. The van der Waals surface area contributed by atoms with Crippen LogP contribution in [0.25, 0.3) is 0 Å². The molecule has 162 valence electrons. The number of ether oxygens (including phenoxy) is 1. The van der Waals surface area contributed by atoms with E-state index in [1.807, 2.05) is 62.4 Å². The Morgan fingerprint density at radius 3 is 2.43 bits per heavy atom. The Morgan fingerprint density at radius 2 is 1.77 bits per heavy atom. The molecule has 0 aromatic heterocycles. The van der Waals surface area contributed by atoms with Crippen LogP contribution in [-0.2, 0) is 16.1 Å². The summed E-state index contributed by atoms with van der Waals surface area (Å²) >= 11 is 6.32. The van der Waals surface area contributed by atoms with Gasteiger partial charge in [-0.2, -0.15) is 0 Å². The quantitative estimate of drug-likeness (QED) is 0.490. The van der Waals surface area contributed by atoms with Gasteiger partial charge in [-0.15, -0.1) is 0 Å². The van der Waals surface area contributed by atoms with E-state index in [1.165, 1.54) is 0 Å². The summed E-state index contributed by atoms with van der Waals surface area (Å²) in [6.45, 7) is 5.25. The first kappa shape index (κ1) is 23.7. The maximum absolute atomic E-state index is 13.1. The number of nitrogens with zero attached hydrogens (tertiary/aromatic N) is 1. The van der Waals surface area contributed by atoms with E-state index >= 15 is 0 Å². The van der Waals surface area contributed by atoms with Gasteiger partial charge in [-0.3, -0.25) is 9.59 Å². The molecule has 0 aliphatic carbocycles. The van der Waals surface area contributed by atoms with Crippen molar-refractivity contribution in [1.29, 1.82) is 0 Å². The van der Waals surface area contributed by atoms with Crippen molar-refractivity contribution >= 4 is 23.4 Å². The zero-order valence-electron chi connectivity index (χ0n) is 17.8. The number of para-hydroxylation sites is 1. The highest BCUT2D eigenvalue weighted by atomic mass is 35.5. The molecule has 2 aromatic rings. The number of rotatable bonds is 12. The number of benzene rings is 2. The van der Waals surface area contributed by atoms with Gasteiger partial charge in [-0.1, -0.05) is 61.8 Å². The highest BCUT2D eigenvalue weighted by Gasteiger charge is 2.28. The zero-order chi connectivity index (χ0) is 21.8. The summed E-state index contributed by atoms with van der Waals surface area (Å²) in [6.07, 6.45) is 2.25. The normalized spacial score (nSPS) is 11.6. The smallest absolute Gasteiger partial charge is 0.242 e. The SMILES string of the molecule is CCCNC(=O)[C@H](CC)N(Cc1ccccc1Cl)C(=O)CCCOc1ccccc1. The van der Waals surface area contributed by atoms with E-state index in [4.69, 9.17) is 16.3 Å². The maximum Gasteiger partial charge on any atom is 0.242 e. The van der Waals surface area contributed by atoms with Crippen LogP contribution < -0.4 is 10.1 Å². The summed E-state index contributed by atoms with van der Waals surface area (Å²) in [7, 11) is 0. The Morgan fingerprint density at radius 1 is 1.07 bits per heavy atom. The third kappa shape index (κ3) is 7.38. The molecule has 0 aliphatic rings. The number of halogens is 1. The van der Waals surface area contributed by atoms with Gasteiger partial charge < -0.3 is 15.0 Å². The first-order valence-corrected chi connectivity index (χ1v) is 10.9. The van der Waals surface area contributed by atoms with Gasteiger partial charge in [0.1, 0.15) is 11.8 Å². The van der Waals surface area contributed by atoms with E-state index in [9.17, 15) is 9.59 Å². The van der Waals surface area contributed by atoms with Gasteiger partial charge in [-0.25, -0.2) is 0 Å². The van der Waals surface area contributed by atoms with Crippen LogP contribution in [0.1, 0.15) is 45.1 Å². The zero-order valence-corrected chi connectivity index (χ0v) is 18.5. The molecule has 0 aliphatic heterocycles. The summed E-state index contributed by atoms with van der Waals surface area (Å²) in [4.78, 5) is 27.5. The Balaban J connectivity index is 2.05. The Labute approximate surface area is 184 Å². The minimum Gasteiger partial charge on any atom is -0.494 e. The van der Waals surface area contributed by atoms with Crippen LogP contribution in [0.3, 0.4) is 0 Å². The van der Waals surface area contributed by atoms with Crippen LogP contribution in [-0.4, -0.2) is 35.9 Å². The molecule has 2 rings (SSSR count). The summed E-state index contributed by atoms with van der Waals surface area (Å²) in [6, 6.07) is 16.4. The molecule has 1 N–H and O–H groups in total. The number of hydrogen-bond acceptors (Lipinski definition) is 3. The molecular formula is C24H31ClN2O3. The van der Waals surface area contributed by atoms with E-state index in [2.05, 4.69) is 5.32 Å². The molecule has 2 amide bonds. The highest BCUT2D eigenvalue weighted by molar-refractivity contribution is 6.31. The van der Waals surface area contributed by atoms with Crippen molar-refractivity contribution < 1.29 is 14.3 Å². The molecule has 0 saturated carbocycles. The number of carbonyl (C=O) groups is 2. The Bertz CT molecular complexity index is 798. The number of hydrogen-bond donors (Lipinski definition) is 1.